The maximum atomic E-state index is 6.02. The van der Waals surface area contributed by atoms with Crippen molar-refractivity contribution in [1.29, 1.82) is 0 Å². The Morgan fingerprint density at radius 2 is 1.90 bits per heavy atom. The van der Waals surface area contributed by atoms with Crippen LogP contribution in [0.3, 0.4) is 0 Å². The van der Waals surface area contributed by atoms with Crippen LogP contribution in [0.25, 0.3) is 0 Å². The number of benzene rings is 1. The minimum Gasteiger partial charge on any atom is -0.493 e. The number of likely N-dealkylation sites (N-methyl/N-ethyl adjacent to an activating group) is 1. The summed E-state index contributed by atoms with van der Waals surface area (Å²) in [5.41, 5.74) is 7.18. The molecule has 120 valence electrons. The van der Waals surface area contributed by atoms with E-state index in [0.717, 1.165) is 29.2 Å². The van der Waals surface area contributed by atoms with Crippen molar-refractivity contribution in [1.82, 2.24) is 4.90 Å². The first-order valence-corrected chi connectivity index (χ1v) is 8.61. The zero-order valence-electron chi connectivity index (χ0n) is 13.8. The minimum atomic E-state index is 0.182. The predicted octanol–water partition coefficient (Wildman–Crippen LogP) is 2.78. The van der Waals surface area contributed by atoms with E-state index in [1.807, 2.05) is 23.9 Å². The van der Waals surface area contributed by atoms with Crippen molar-refractivity contribution in [3.63, 3.8) is 0 Å². The number of ether oxygens (including phenoxy) is 2. The van der Waals surface area contributed by atoms with Gasteiger partial charge in [-0.3, -0.25) is 4.90 Å². The van der Waals surface area contributed by atoms with Crippen molar-refractivity contribution in [2.45, 2.75) is 25.4 Å². The number of thioether (sulfide) groups is 1. The van der Waals surface area contributed by atoms with E-state index in [1.54, 1.807) is 14.2 Å². The van der Waals surface area contributed by atoms with Gasteiger partial charge in [0.15, 0.2) is 11.5 Å². The molecule has 0 aliphatic heterocycles. The molecule has 0 radical (unpaired) electrons. The van der Waals surface area contributed by atoms with Gasteiger partial charge >= 0.3 is 0 Å². The van der Waals surface area contributed by atoms with Crippen LogP contribution in [0.4, 0.5) is 0 Å². The fourth-order valence-electron chi connectivity index (χ4n) is 2.40. The van der Waals surface area contributed by atoms with Gasteiger partial charge in [0.05, 0.1) is 14.2 Å². The molecule has 5 heteroatoms. The highest BCUT2D eigenvalue weighted by atomic mass is 32.2. The van der Waals surface area contributed by atoms with Crippen LogP contribution >= 0.6 is 11.8 Å². The first kappa shape index (κ1) is 18.1. The number of nitrogens with two attached hydrogens (primary N) is 1. The van der Waals surface area contributed by atoms with Gasteiger partial charge in [-0.1, -0.05) is 6.07 Å². The highest BCUT2D eigenvalue weighted by Crippen LogP contribution is 2.32. The summed E-state index contributed by atoms with van der Waals surface area (Å²) < 4.78 is 10.7. The molecule has 2 unspecified atom stereocenters. The fourth-order valence-corrected chi connectivity index (χ4v) is 2.97. The molecule has 0 amide bonds. The number of rotatable bonds is 9. The average molecular weight is 312 g/mol. The minimum absolute atomic E-state index is 0.182. The van der Waals surface area contributed by atoms with Crippen molar-refractivity contribution in [2.24, 2.45) is 5.73 Å². The van der Waals surface area contributed by atoms with Crippen molar-refractivity contribution in [2.75, 3.05) is 39.8 Å². The van der Waals surface area contributed by atoms with E-state index >= 15 is 0 Å². The van der Waals surface area contributed by atoms with Gasteiger partial charge in [-0.2, -0.15) is 11.8 Å². The molecule has 0 bridgehead atoms. The molecule has 2 atom stereocenters. The largest absolute Gasteiger partial charge is 0.493 e. The molecule has 1 aromatic carbocycles. The lowest BCUT2D eigenvalue weighted by Crippen LogP contribution is -2.37. The third kappa shape index (κ3) is 4.80. The predicted molar refractivity (Wildman–Crippen MR) is 91.6 cm³/mol. The third-order valence-corrected chi connectivity index (χ3v) is 4.59. The summed E-state index contributed by atoms with van der Waals surface area (Å²) in [7, 11) is 5.44. The molecular weight excluding hydrogens is 284 g/mol. The van der Waals surface area contributed by atoms with Crippen LogP contribution in [0.5, 0.6) is 11.5 Å². The Balaban J connectivity index is 2.93. The van der Waals surface area contributed by atoms with E-state index in [9.17, 15) is 0 Å². The molecule has 0 fully saturated rings. The Hall–Kier alpha value is -0.910. The van der Waals surface area contributed by atoms with Gasteiger partial charge in [0.25, 0.3) is 0 Å². The summed E-state index contributed by atoms with van der Waals surface area (Å²) in [4.78, 5) is 2.34. The summed E-state index contributed by atoms with van der Waals surface area (Å²) in [5, 5.41) is 0. The molecule has 0 aliphatic carbocycles. The molecule has 0 heterocycles. The molecule has 0 aromatic heterocycles. The van der Waals surface area contributed by atoms with E-state index in [1.165, 1.54) is 0 Å². The molecule has 4 nitrogen and oxygen atoms in total. The lowest BCUT2D eigenvalue weighted by atomic mass is 10.0. The van der Waals surface area contributed by atoms with E-state index in [2.05, 4.69) is 31.2 Å². The molecule has 0 saturated carbocycles. The molecule has 0 aliphatic rings. The number of hydrogen-bond acceptors (Lipinski definition) is 5. The van der Waals surface area contributed by atoms with Crippen LogP contribution in [0, 0.1) is 0 Å². The normalized spacial score (nSPS) is 14.0. The van der Waals surface area contributed by atoms with Crippen molar-refractivity contribution < 1.29 is 9.47 Å². The van der Waals surface area contributed by atoms with Crippen molar-refractivity contribution >= 4 is 11.8 Å². The highest BCUT2D eigenvalue weighted by molar-refractivity contribution is 7.98. The lowest BCUT2D eigenvalue weighted by molar-refractivity contribution is 0.185. The smallest absolute Gasteiger partial charge is 0.161 e. The monoisotopic (exact) mass is 312 g/mol. The van der Waals surface area contributed by atoms with Gasteiger partial charge in [0.1, 0.15) is 0 Å². The number of methoxy groups -OCH3 is 2. The maximum absolute atomic E-state index is 6.02. The van der Waals surface area contributed by atoms with Crippen LogP contribution < -0.4 is 15.2 Å². The quantitative estimate of drug-likeness (QED) is 0.760. The van der Waals surface area contributed by atoms with Crippen LogP contribution in [0.1, 0.15) is 24.9 Å². The number of nitrogens with zero attached hydrogens (tertiary/aromatic N) is 1. The second kappa shape index (κ2) is 9.18. The van der Waals surface area contributed by atoms with E-state index in [4.69, 9.17) is 15.2 Å². The van der Waals surface area contributed by atoms with Crippen LogP contribution in [-0.2, 0) is 0 Å². The first-order chi connectivity index (χ1) is 10.1. The summed E-state index contributed by atoms with van der Waals surface area (Å²) >= 11 is 1.88. The SMILES string of the molecule is COc1ccc(C(CN)N(C)C(C)CCSC)cc1OC. The summed E-state index contributed by atoms with van der Waals surface area (Å²) in [6.45, 7) is 2.83. The van der Waals surface area contributed by atoms with E-state index < -0.39 is 0 Å². The standard InChI is InChI=1S/C16H28N2O2S/c1-12(8-9-21-5)18(2)14(11-17)13-6-7-15(19-3)16(10-13)20-4/h6-7,10,12,14H,8-9,11,17H2,1-5H3. The van der Waals surface area contributed by atoms with Crippen LogP contribution in [-0.4, -0.2) is 50.8 Å². The molecular formula is C16H28N2O2S. The van der Waals surface area contributed by atoms with Crippen molar-refractivity contribution in [3.05, 3.63) is 23.8 Å². The zero-order valence-corrected chi connectivity index (χ0v) is 14.6. The van der Waals surface area contributed by atoms with Crippen molar-refractivity contribution in [3.8, 4) is 11.5 Å². The topological polar surface area (TPSA) is 47.7 Å². The molecule has 21 heavy (non-hydrogen) atoms. The average Bonchev–Trinajstić information content (AvgIpc) is 2.52. The third-order valence-electron chi connectivity index (χ3n) is 3.94. The molecule has 1 rings (SSSR count). The van der Waals surface area contributed by atoms with Gasteiger partial charge in [0, 0.05) is 18.6 Å². The van der Waals surface area contributed by atoms with Gasteiger partial charge < -0.3 is 15.2 Å². The van der Waals surface area contributed by atoms with E-state index in [-0.39, 0.29) is 6.04 Å². The van der Waals surface area contributed by atoms with Gasteiger partial charge in [-0.15, -0.1) is 0 Å². The summed E-state index contributed by atoms with van der Waals surface area (Å²) in [6.07, 6.45) is 3.29. The Labute approximate surface area is 133 Å². The number of hydrogen-bond donors (Lipinski definition) is 1. The van der Waals surface area contributed by atoms with Crippen LogP contribution in [0.15, 0.2) is 18.2 Å². The Bertz CT molecular complexity index is 429. The van der Waals surface area contributed by atoms with Gasteiger partial charge in [-0.25, -0.2) is 0 Å². The molecule has 0 spiro atoms. The maximum Gasteiger partial charge on any atom is 0.161 e. The molecule has 0 saturated heterocycles. The second-order valence-electron chi connectivity index (χ2n) is 5.16. The van der Waals surface area contributed by atoms with Gasteiger partial charge in [0.2, 0.25) is 0 Å². The Morgan fingerprint density at radius 3 is 2.43 bits per heavy atom. The first-order valence-electron chi connectivity index (χ1n) is 7.21. The fraction of sp³-hybridized carbons (Fsp3) is 0.625. The second-order valence-corrected chi connectivity index (χ2v) is 6.15. The van der Waals surface area contributed by atoms with Crippen LogP contribution in [0.2, 0.25) is 0 Å². The lowest BCUT2D eigenvalue weighted by Gasteiger charge is -2.33. The van der Waals surface area contributed by atoms with E-state index in [0.29, 0.717) is 12.6 Å². The zero-order chi connectivity index (χ0) is 15.8. The summed E-state index contributed by atoms with van der Waals surface area (Å²) in [6, 6.07) is 6.70. The summed E-state index contributed by atoms with van der Waals surface area (Å²) in [5.74, 6) is 2.66. The Morgan fingerprint density at radius 1 is 1.24 bits per heavy atom. The highest BCUT2D eigenvalue weighted by Gasteiger charge is 2.21. The molecule has 1 aromatic rings. The Kier molecular flexibility index (Phi) is 7.93. The molecule has 2 N–H and O–H groups in total. The van der Waals surface area contributed by atoms with Gasteiger partial charge in [-0.05, 0) is 50.1 Å².